The Balaban J connectivity index is 1.87. The van der Waals surface area contributed by atoms with E-state index in [0.29, 0.717) is 5.02 Å². The minimum absolute atomic E-state index is 0.100. The molecule has 0 atom stereocenters. The third kappa shape index (κ3) is 7.40. The first-order valence-electron chi connectivity index (χ1n) is 9.17. The van der Waals surface area contributed by atoms with E-state index in [0.717, 1.165) is 30.9 Å². The van der Waals surface area contributed by atoms with Crippen LogP contribution in [0.4, 0.5) is 5.69 Å². The fraction of sp³-hybridized carbons (Fsp3) is 0.400. The largest absolute Gasteiger partial charge is 0.384 e. The normalized spacial score (nSPS) is 11.4. The minimum Gasteiger partial charge on any atom is -0.384 e. The summed E-state index contributed by atoms with van der Waals surface area (Å²) in [6, 6.07) is 11.4. The monoisotopic (exact) mass is 410 g/mol. The molecule has 0 saturated heterocycles. The molecule has 0 spiro atoms. The van der Waals surface area contributed by atoms with Gasteiger partial charge in [0.2, 0.25) is 0 Å². The number of unbranched alkanes of at least 4 members (excludes halogenated alkanes) is 2. The van der Waals surface area contributed by atoms with Gasteiger partial charge in [-0.25, -0.2) is 0 Å². The molecule has 0 bridgehead atoms. The maximum atomic E-state index is 12.4. The number of hydrogen-bond donors (Lipinski definition) is 2. The van der Waals surface area contributed by atoms with Crippen LogP contribution < -0.4 is 14.8 Å². The highest BCUT2D eigenvalue weighted by molar-refractivity contribution is 7.87. The molecule has 5 nitrogen and oxygen atoms in total. The van der Waals surface area contributed by atoms with E-state index in [1.165, 1.54) is 37.5 Å². The van der Waals surface area contributed by atoms with Crippen molar-refractivity contribution in [3.05, 3.63) is 53.1 Å². The molecule has 2 N–H and O–H groups in total. The molecule has 0 unspecified atom stereocenters. The lowest BCUT2D eigenvalue weighted by Gasteiger charge is -2.10. The van der Waals surface area contributed by atoms with E-state index in [9.17, 15) is 8.42 Å². The van der Waals surface area contributed by atoms with Crippen LogP contribution in [0.2, 0.25) is 5.02 Å². The quantitative estimate of drug-likeness (QED) is 0.418. The van der Waals surface area contributed by atoms with Gasteiger partial charge in [0, 0.05) is 29.9 Å². The number of rotatable bonds is 11. The summed E-state index contributed by atoms with van der Waals surface area (Å²) in [6.07, 6.45) is 3.65. The molecule has 7 heteroatoms. The molecule has 0 radical (unpaired) electrons. The molecule has 0 heterocycles. The number of aryl methyl sites for hydroxylation is 1. The van der Waals surface area contributed by atoms with Crippen LogP contribution in [0, 0.1) is 6.92 Å². The Hall–Kier alpha value is -1.76. The van der Waals surface area contributed by atoms with Crippen molar-refractivity contribution in [2.75, 3.05) is 25.0 Å². The molecule has 148 valence electrons. The molecule has 0 aliphatic carbocycles. The van der Waals surface area contributed by atoms with Crippen molar-refractivity contribution < 1.29 is 12.6 Å². The lowest BCUT2D eigenvalue weighted by Crippen LogP contribution is -2.23. The Morgan fingerprint density at radius 3 is 2.41 bits per heavy atom. The predicted molar refractivity (Wildman–Crippen MR) is 111 cm³/mol. The van der Waals surface area contributed by atoms with Crippen LogP contribution in [0.15, 0.2) is 47.4 Å². The van der Waals surface area contributed by atoms with Crippen molar-refractivity contribution >= 4 is 27.4 Å². The van der Waals surface area contributed by atoms with Gasteiger partial charge >= 0.3 is 10.1 Å². The maximum absolute atomic E-state index is 12.4. The second-order valence-electron chi connectivity index (χ2n) is 6.41. The summed E-state index contributed by atoms with van der Waals surface area (Å²) < 4.78 is 30.0. The lowest BCUT2D eigenvalue weighted by molar-refractivity contribution is 0.486. The zero-order valence-corrected chi connectivity index (χ0v) is 17.4. The van der Waals surface area contributed by atoms with Gasteiger partial charge in [-0.2, -0.15) is 8.42 Å². The SMILES string of the molecule is CCCCCNCCNc1ccc(S(=O)(=O)Oc2cc(C)cc(Cl)c2)cc1. The Kier molecular flexibility index (Phi) is 8.41. The summed E-state index contributed by atoms with van der Waals surface area (Å²) in [5, 5.41) is 7.07. The van der Waals surface area contributed by atoms with Crippen LogP contribution in [0.3, 0.4) is 0 Å². The molecular formula is C20H27ClN2O3S. The van der Waals surface area contributed by atoms with Gasteiger partial charge in [-0.15, -0.1) is 0 Å². The molecule has 2 rings (SSSR count). The fourth-order valence-corrected chi connectivity index (χ4v) is 3.78. The molecule has 0 aliphatic rings. The molecule has 0 saturated carbocycles. The third-order valence-corrected chi connectivity index (χ3v) is 5.43. The van der Waals surface area contributed by atoms with Crippen LogP contribution in [0.5, 0.6) is 5.75 Å². The molecule has 0 amide bonds. The number of anilines is 1. The highest BCUT2D eigenvalue weighted by Crippen LogP contribution is 2.24. The standard InChI is InChI=1S/C20H27ClN2O3S/c1-3-4-5-10-22-11-12-23-18-6-8-20(9-7-18)27(24,25)26-19-14-16(2)13-17(21)15-19/h6-9,13-15,22-23H,3-5,10-12H2,1-2H3. The highest BCUT2D eigenvalue weighted by Gasteiger charge is 2.17. The smallest absolute Gasteiger partial charge is 0.339 e. The molecule has 27 heavy (non-hydrogen) atoms. The Labute approximate surface area is 167 Å². The summed E-state index contributed by atoms with van der Waals surface area (Å²) in [4.78, 5) is 0.100. The van der Waals surface area contributed by atoms with Gasteiger partial charge < -0.3 is 14.8 Å². The molecule has 0 aromatic heterocycles. The number of halogens is 1. The molecule has 2 aromatic carbocycles. The molecule has 2 aromatic rings. The van der Waals surface area contributed by atoms with E-state index in [-0.39, 0.29) is 10.6 Å². The van der Waals surface area contributed by atoms with Crippen molar-refractivity contribution in [3.63, 3.8) is 0 Å². The average Bonchev–Trinajstić information content (AvgIpc) is 2.60. The van der Waals surface area contributed by atoms with Crippen molar-refractivity contribution in [2.45, 2.75) is 38.0 Å². The van der Waals surface area contributed by atoms with Crippen molar-refractivity contribution in [1.29, 1.82) is 0 Å². The topological polar surface area (TPSA) is 67.4 Å². The highest BCUT2D eigenvalue weighted by atomic mass is 35.5. The zero-order valence-electron chi connectivity index (χ0n) is 15.8. The van der Waals surface area contributed by atoms with Gasteiger partial charge in [-0.3, -0.25) is 0 Å². The predicted octanol–water partition coefficient (Wildman–Crippen LogP) is 4.61. The van der Waals surface area contributed by atoms with Gasteiger partial charge in [0.25, 0.3) is 0 Å². The van der Waals surface area contributed by atoms with Crippen molar-refractivity contribution in [1.82, 2.24) is 5.32 Å². The van der Waals surface area contributed by atoms with Gasteiger partial charge in [0.1, 0.15) is 10.6 Å². The first kappa shape index (κ1) is 21.5. The van der Waals surface area contributed by atoms with Crippen molar-refractivity contribution in [2.24, 2.45) is 0 Å². The molecular weight excluding hydrogens is 384 g/mol. The van der Waals surface area contributed by atoms with E-state index in [1.807, 2.05) is 6.92 Å². The molecule has 0 fully saturated rings. The summed E-state index contributed by atoms with van der Waals surface area (Å²) in [7, 11) is -3.90. The average molecular weight is 411 g/mol. The van der Waals surface area contributed by atoms with Crippen LogP contribution in [-0.2, 0) is 10.1 Å². The van der Waals surface area contributed by atoms with E-state index in [1.54, 1.807) is 24.3 Å². The van der Waals surface area contributed by atoms with E-state index < -0.39 is 10.1 Å². The van der Waals surface area contributed by atoms with E-state index >= 15 is 0 Å². The minimum atomic E-state index is -3.90. The van der Waals surface area contributed by atoms with Crippen LogP contribution >= 0.6 is 11.6 Å². The van der Waals surface area contributed by atoms with Gasteiger partial charge in [-0.1, -0.05) is 31.4 Å². The Bertz CT molecular complexity index is 803. The molecule has 0 aliphatic heterocycles. The number of nitrogens with one attached hydrogen (secondary N) is 2. The summed E-state index contributed by atoms with van der Waals surface area (Å²) in [5.41, 5.74) is 1.69. The van der Waals surface area contributed by atoms with Gasteiger partial charge in [0.15, 0.2) is 0 Å². The van der Waals surface area contributed by atoms with E-state index in [4.69, 9.17) is 15.8 Å². The van der Waals surface area contributed by atoms with Crippen molar-refractivity contribution in [3.8, 4) is 5.75 Å². The third-order valence-electron chi connectivity index (χ3n) is 3.95. The second kappa shape index (κ2) is 10.5. The second-order valence-corrected chi connectivity index (χ2v) is 8.39. The zero-order chi connectivity index (χ0) is 19.7. The summed E-state index contributed by atoms with van der Waals surface area (Å²) in [6.45, 7) is 6.67. The van der Waals surface area contributed by atoms with Crippen LogP contribution in [-0.4, -0.2) is 28.1 Å². The number of hydrogen-bond acceptors (Lipinski definition) is 5. The summed E-state index contributed by atoms with van der Waals surface area (Å²) in [5.74, 6) is 0.205. The van der Waals surface area contributed by atoms with Crippen LogP contribution in [0.1, 0.15) is 31.7 Å². The summed E-state index contributed by atoms with van der Waals surface area (Å²) >= 11 is 5.95. The maximum Gasteiger partial charge on any atom is 0.339 e. The first-order valence-corrected chi connectivity index (χ1v) is 11.0. The first-order chi connectivity index (χ1) is 12.9. The van der Waals surface area contributed by atoms with Crippen LogP contribution in [0.25, 0.3) is 0 Å². The lowest BCUT2D eigenvalue weighted by atomic mass is 10.2. The Morgan fingerprint density at radius 1 is 1.00 bits per heavy atom. The van der Waals surface area contributed by atoms with Gasteiger partial charge in [0.05, 0.1) is 0 Å². The fourth-order valence-electron chi connectivity index (χ4n) is 2.59. The Morgan fingerprint density at radius 2 is 1.74 bits per heavy atom. The number of benzene rings is 2. The van der Waals surface area contributed by atoms with Gasteiger partial charge in [-0.05, 0) is 61.9 Å². The van der Waals surface area contributed by atoms with E-state index in [2.05, 4.69) is 17.6 Å².